The molecule has 0 spiro atoms. The van der Waals surface area contributed by atoms with E-state index in [0.717, 1.165) is 46.0 Å². The number of para-hydroxylation sites is 1. The number of ether oxygens (including phenoxy) is 2. The molecule has 0 unspecified atom stereocenters. The molecule has 194 valence electrons. The predicted molar refractivity (Wildman–Crippen MR) is 143 cm³/mol. The minimum absolute atomic E-state index is 0.0305. The minimum Gasteiger partial charge on any atom is -0.490 e. The van der Waals surface area contributed by atoms with Gasteiger partial charge in [0, 0.05) is 18.2 Å². The molecular formula is C31H37N3O3. The largest absolute Gasteiger partial charge is 0.490 e. The molecule has 3 aromatic rings. The summed E-state index contributed by atoms with van der Waals surface area (Å²) < 4.78 is 13.4. The first-order chi connectivity index (χ1) is 18.1. The molecule has 0 atom stereocenters. The van der Waals surface area contributed by atoms with Gasteiger partial charge in [-0.05, 0) is 100.0 Å². The lowest BCUT2D eigenvalue weighted by molar-refractivity contribution is -0.00770. The highest BCUT2D eigenvalue weighted by molar-refractivity contribution is 5.95. The van der Waals surface area contributed by atoms with Gasteiger partial charge in [0.05, 0.1) is 30.2 Å². The molecule has 4 aliphatic rings. The third-order valence-corrected chi connectivity index (χ3v) is 8.58. The zero-order valence-corrected chi connectivity index (χ0v) is 21.9. The first kappa shape index (κ1) is 24.1. The molecule has 1 N–H and O–H groups in total. The molecule has 4 aliphatic carbocycles. The van der Waals surface area contributed by atoms with Crippen LogP contribution < -0.4 is 14.8 Å². The average Bonchev–Trinajstić information content (AvgIpc) is 3.36. The van der Waals surface area contributed by atoms with Crippen LogP contribution in [0.3, 0.4) is 0 Å². The number of carbonyl (C=O) groups excluding carboxylic acids is 1. The molecular weight excluding hydrogens is 462 g/mol. The van der Waals surface area contributed by atoms with Crippen molar-refractivity contribution in [2.24, 2.45) is 17.8 Å². The summed E-state index contributed by atoms with van der Waals surface area (Å²) in [6, 6.07) is 16.0. The SMILES string of the molecule is CCOc1ccc(CNC(=O)c2cn(-c3ccccc3)nc2C23CC4CC(CC(C4)C2)C3)cc1OCC. The lowest BCUT2D eigenvalue weighted by Gasteiger charge is -2.56. The van der Waals surface area contributed by atoms with Gasteiger partial charge < -0.3 is 14.8 Å². The van der Waals surface area contributed by atoms with Gasteiger partial charge in [0.2, 0.25) is 0 Å². The molecule has 37 heavy (non-hydrogen) atoms. The van der Waals surface area contributed by atoms with Crippen LogP contribution in [0.15, 0.2) is 54.7 Å². The Kier molecular flexibility index (Phi) is 6.43. The molecule has 4 saturated carbocycles. The van der Waals surface area contributed by atoms with Crippen LogP contribution in [0.5, 0.6) is 11.5 Å². The van der Waals surface area contributed by atoms with Crippen LogP contribution >= 0.6 is 0 Å². The molecule has 0 saturated heterocycles. The van der Waals surface area contributed by atoms with Crippen LogP contribution in [0.25, 0.3) is 5.69 Å². The van der Waals surface area contributed by atoms with E-state index in [2.05, 4.69) is 5.32 Å². The molecule has 1 heterocycles. The zero-order valence-electron chi connectivity index (χ0n) is 21.9. The Labute approximate surface area is 219 Å². The Hall–Kier alpha value is -3.28. The van der Waals surface area contributed by atoms with Gasteiger partial charge in [-0.2, -0.15) is 5.10 Å². The van der Waals surface area contributed by atoms with Gasteiger partial charge in [0.25, 0.3) is 5.91 Å². The third-order valence-electron chi connectivity index (χ3n) is 8.58. The molecule has 7 rings (SSSR count). The summed E-state index contributed by atoms with van der Waals surface area (Å²) in [5.41, 5.74) is 3.73. The van der Waals surface area contributed by atoms with Crippen LogP contribution in [0.4, 0.5) is 0 Å². The van der Waals surface area contributed by atoms with E-state index < -0.39 is 0 Å². The summed E-state index contributed by atoms with van der Waals surface area (Å²) >= 11 is 0. The number of hydrogen-bond donors (Lipinski definition) is 1. The summed E-state index contributed by atoms with van der Waals surface area (Å²) in [7, 11) is 0. The van der Waals surface area contributed by atoms with E-state index in [1.54, 1.807) is 0 Å². The van der Waals surface area contributed by atoms with Crippen molar-refractivity contribution in [3.05, 3.63) is 71.5 Å². The van der Waals surface area contributed by atoms with E-state index >= 15 is 0 Å². The first-order valence-corrected chi connectivity index (χ1v) is 13.9. The highest BCUT2D eigenvalue weighted by Gasteiger charge is 2.53. The topological polar surface area (TPSA) is 65.4 Å². The maximum Gasteiger partial charge on any atom is 0.255 e. The summed E-state index contributed by atoms with van der Waals surface area (Å²) in [6.45, 7) is 5.47. The van der Waals surface area contributed by atoms with Crippen molar-refractivity contribution < 1.29 is 14.3 Å². The summed E-state index contributed by atoms with van der Waals surface area (Å²) in [5, 5.41) is 8.32. The second-order valence-electron chi connectivity index (χ2n) is 11.2. The van der Waals surface area contributed by atoms with E-state index in [1.165, 1.54) is 38.5 Å². The van der Waals surface area contributed by atoms with E-state index in [1.807, 2.05) is 73.3 Å². The number of nitrogens with zero attached hydrogens (tertiary/aromatic N) is 2. The highest BCUT2D eigenvalue weighted by atomic mass is 16.5. The van der Waals surface area contributed by atoms with Crippen LogP contribution in [-0.2, 0) is 12.0 Å². The second kappa shape index (κ2) is 9.88. The fourth-order valence-electron chi connectivity index (χ4n) is 7.53. The first-order valence-electron chi connectivity index (χ1n) is 13.9. The maximum atomic E-state index is 13.7. The minimum atomic E-state index is -0.0558. The van der Waals surface area contributed by atoms with Crippen molar-refractivity contribution in [3.8, 4) is 17.2 Å². The number of benzene rings is 2. The van der Waals surface area contributed by atoms with Crippen LogP contribution in [0.2, 0.25) is 0 Å². The van der Waals surface area contributed by atoms with E-state index in [0.29, 0.717) is 25.5 Å². The number of aromatic nitrogens is 2. The molecule has 2 aromatic carbocycles. The normalized spacial score (nSPS) is 25.7. The molecule has 6 nitrogen and oxygen atoms in total. The summed E-state index contributed by atoms with van der Waals surface area (Å²) in [6.07, 6.45) is 9.54. The Morgan fingerprint density at radius 2 is 1.59 bits per heavy atom. The van der Waals surface area contributed by atoms with Crippen LogP contribution in [0, 0.1) is 17.8 Å². The predicted octanol–water partition coefficient (Wildman–Crippen LogP) is 6.07. The molecule has 6 heteroatoms. The standard InChI is InChI=1S/C31H37N3O3/c1-3-36-27-11-10-21(15-28(27)37-4-2)19-32-30(35)26-20-34(25-8-6-5-7-9-25)33-29(26)31-16-22-12-23(17-31)14-24(13-22)18-31/h5-11,15,20,22-24H,3-4,12-14,16-19H2,1-2H3,(H,32,35). The number of hydrogen-bond acceptors (Lipinski definition) is 4. The Balaban J connectivity index is 1.29. The molecule has 0 radical (unpaired) electrons. The summed E-state index contributed by atoms with van der Waals surface area (Å²) in [5.74, 6) is 3.73. The number of rotatable bonds is 9. The lowest BCUT2D eigenvalue weighted by Crippen LogP contribution is -2.49. The molecule has 4 bridgehead atoms. The fraction of sp³-hybridized carbons (Fsp3) is 0.484. The number of carbonyl (C=O) groups is 1. The van der Waals surface area contributed by atoms with E-state index in [9.17, 15) is 4.79 Å². The maximum absolute atomic E-state index is 13.7. The highest BCUT2D eigenvalue weighted by Crippen LogP contribution is 2.60. The lowest BCUT2D eigenvalue weighted by atomic mass is 9.48. The monoisotopic (exact) mass is 499 g/mol. The zero-order chi connectivity index (χ0) is 25.4. The van der Waals surface area contributed by atoms with Crippen molar-refractivity contribution in [1.29, 1.82) is 0 Å². The quantitative estimate of drug-likeness (QED) is 0.388. The molecule has 1 amide bonds. The van der Waals surface area contributed by atoms with Crippen LogP contribution in [0.1, 0.15) is 74.0 Å². The Bertz CT molecular complexity index is 1230. The number of nitrogens with one attached hydrogen (secondary N) is 1. The molecule has 0 aliphatic heterocycles. The van der Waals surface area contributed by atoms with Gasteiger partial charge in [-0.15, -0.1) is 0 Å². The van der Waals surface area contributed by atoms with Crippen molar-refractivity contribution in [2.75, 3.05) is 13.2 Å². The van der Waals surface area contributed by atoms with Gasteiger partial charge in [0.15, 0.2) is 11.5 Å². The van der Waals surface area contributed by atoms with E-state index in [4.69, 9.17) is 14.6 Å². The third kappa shape index (κ3) is 4.62. The van der Waals surface area contributed by atoms with Gasteiger partial charge >= 0.3 is 0 Å². The van der Waals surface area contributed by atoms with Crippen molar-refractivity contribution in [1.82, 2.24) is 15.1 Å². The van der Waals surface area contributed by atoms with Crippen molar-refractivity contribution >= 4 is 5.91 Å². The Morgan fingerprint density at radius 1 is 0.946 bits per heavy atom. The fourth-order valence-corrected chi connectivity index (χ4v) is 7.53. The van der Waals surface area contributed by atoms with Crippen molar-refractivity contribution in [2.45, 2.75) is 64.3 Å². The van der Waals surface area contributed by atoms with Crippen LogP contribution in [-0.4, -0.2) is 28.9 Å². The smallest absolute Gasteiger partial charge is 0.255 e. The van der Waals surface area contributed by atoms with Gasteiger partial charge in [-0.25, -0.2) is 4.68 Å². The Morgan fingerprint density at radius 3 is 2.24 bits per heavy atom. The van der Waals surface area contributed by atoms with Gasteiger partial charge in [0.1, 0.15) is 0 Å². The molecule has 1 aromatic heterocycles. The van der Waals surface area contributed by atoms with Gasteiger partial charge in [-0.1, -0.05) is 24.3 Å². The molecule has 4 fully saturated rings. The van der Waals surface area contributed by atoms with E-state index in [-0.39, 0.29) is 11.3 Å². The average molecular weight is 500 g/mol. The van der Waals surface area contributed by atoms with Gasteiger partial charge in [-0.3, -0.25) is 4.79 Å². The second-order valence-corrected chi connectivity index (χ2v) is 11.2. The summed E-state index contributed by atoms with van der Waals surface area (Å²) in [4.78, 5) is 13.7. The number of amides is 1. The van der Waals surface area contributed by atoms with Crippen molar-refractivity contribution in [3.63, 3.8) is 0 Å².